The molecule has 3 aromatic heterocycles. The van der Waals surface area contributed by atoms with Gasteiger partial charge in [0, 0.05) is 43.9 Å². The maximum atomic E-state index is 6.25. The Hall–Kier alpha value is -7.63. The number of hydrogen-bond donors (Lipinski definition) is 0. The van der Waals surface area contributed by atoms with Gasteiger partial charge in [-0.2, -0.15) is 0 Å². The van der Waals surface area contributed by atoms with Gasteiger partial charge in [0.1, 0.15) is 11.2 Å². The summed E-state index contributed by atoms with van der Waals surface area (Å²) in [5.74, 6) is 1.83. The van der Waals surface area contributed by atoms with Crippen LogP contribution in [0.4, 0.5) is 0 Å². The first-order valence-electron chi connectivity index (χ1n) is 18.8. The lowest BCUT2D eigenvalue weighted by molar-refractivity contribution is 0.669. The molecular formula is C51H32N4O. The van der Waals surface area contributed by atoms with Crippen molar-refractivity contribution in [2.45, 2.75) is 0 Å². The van der Waals surface area contributed by atoms with Gasteiger partial charge >= 0.3 is 0 Å². The fourth-order valence-corrected chi connectivity index (χ4v) is 8.10. The maximum absolute atomic E-state index is 6.25. The van der Waals surface area contributed by atoms with Crippen LogP contribution in [0, 0.1) is 0 Å². The van der Waals surface area contributed by atoms with Crippen LogP contribution in [0.2, 0.25) is 0 Å². The lowest BCUT2D eigenvalue weighted by Gasteiger charge is -2.17. The van der Waals surface area contributed by atoms with Gasteiger partial charge in [0.05, 0.1) is 11.0 Å². The zero-order valence-corrected chi connectivity index (χ0v) is 30.2. The summed E-state index contributed by atoms with van der Waals surface area (Å²) in [5, 5.41) is 4.60. The summed E-state index contributed by atoms with van der Waals surface area (Å²) in [6, 6.07) is 67.5. The second kappa shape index (κ2) is 13.0. The Balaban J connectivity index is 1.19. The van der Waals surface area contributed by atoms with Crippen molar-refractivity contribution in [3.8, 4) is 62.1 Å². The highest BCUT2D eigenvalue weighted by molar-refractivity contribution is 6.10. The van der Waals surface area contributed by atoms with E-state index in [0.717, 1.165) is 77.6 Å². The minimum Gasteiger partial charge on any atom is -0.456 e. The Morgan fingerprint density at radius 1 is 0.339 bits per heavy atom. The van der Waals surface area contributed by atoms with Gasteiger partial charge in [0.2, 0.25) is 0 Å². The molecule has 0 aliphatic carbocycles. The third kappa shape index (κ3) is 5.29. The standard InChI is InChI=1S/C51H32N4O/c1-3-15-33(16-4-1)49-52-50(34-17-5-2-6-18-34)54-51(53-49)48-38(24-14-25-39(48)36-29-30-47-43(32-36)42-23-9-12-28-46(42)56-47)35-19-13-20-37(31-35)55-44-26-10-7-21-40(44)41-22-8-11-27-45(41)55/h1-32H. The van der Waals surface area contributed by atoms with Crippen molar-refractivity contribution in [1.82, 2.24) is 19.5 Å². The Kier molecular flexibility index (Phi) is 7.42. The first kappa shape index (κ1) is 31.9. The molecule has 0 N–H and O–H groups in total. The quantitative estimate of drug-likeness (QED) is 0.172. The largest absolute Gasteiger partial charge is 0.456 e. The molecule has 0 atom stereocenters. The molecule has 0 fully saturated rings. The van der Waals surface area contributed by atoms with Crippen LogP contribution in [-0.2, 0) is 0 Å². The third-order valence-corrected chi connectivity index (χ3v) is 10.7. The zero-order valence-electron chi connectivity index (χ0n) is 30.2. The molecule has 5 nitrogen and oxygen atoms in total. The third-order valence-electron chi connectivity index (χ3n) is 10.7. The lowest BCUT2D eigenvalue weighted by atomic mass is 9.90. The maximum Gasteiger partial charge on any atom is 0.165 e. The van der Waals surface area contributed by atoms with Gasteiger partial charge in [0.25, 0.3) is 0 Å². The molecule has 0 aliphatic heterocycles. The van der Waals surface area contributed by atoms with E-state index in [0.29, 0.717) is 17.5 Å². The molecule has 0 saturated carbocycles. The van der Waals surface area contributed by atoms with Gasteiger partial charge in [-0.05, 0) is 64.7 Å². The van der Waals surface area contributed by atoms with Crippen LogP contribution >= 0.6 is 0 Å². The minimum atomic E-state index is 0.600. The summed E-state index contributed by atoms with van der Waals surface area (Å²) in [6.07, 6.45) is 0. The highest BCUT2D eigenvalue weighted by atomic mass is 16.3. The molecule has 5 heteroatoms. The number of para-hydroxylation sites is 3. The number of nitrogens with zero attached hydrogens (tertiary/aromatic N) is 4. The topological polar surface area (TPSA) is 56.7 Å². The van der Waals surface area contributed by atoms with Crippen LogP contribution in [0.5, 0.6) is 0 Å². The van der Waals surface area contributed by atoms with E-state index in [4.69, 9.17) is 19.4 Å². The molecule has 3 heterocycles. The number of furan rings is 1. The SMILES string of the molecule is c1ccc(-c2nc(-c3ccccc3)nc(-c3c(-c4cccc(-n5c6ccccc6c6ccccc65)c4)cccc3-c3ccc4oc5ccccc5c4c3)n2)cc1. The highest BCUT2D eigenvalue weighted by Gasteiger charge is 2.22. The van der Waals surface area contributed by atoms with Crippen LogP contribution in [-0.4, -0.2) is 19.5 Å². The molecule has 11 aromatic rings. The van der Waals surface area contributed by atoms with Crippen molar-refractivity contribution in [3.05, 3.63) is 194 Å². The van der Waals surface area contributed by atoms with Crippen LogP contribution in [0.25, 0.3) is 106 Å². The van der Waals surface area contributed by atoms with Gasteiger partial charge in [-0.1, -0.05) is 152 Å². The van der Waals surface area contributed by atoms with E-state index in [1.54, 1.807) is 0 Å². The Labute approximate surface area is 322 Å². The van der Waals surface area contributed by atoms with Crippen molar-refractivity contribution >= 4 is 43.7 Å². The van der Waals surface area contributed by atoms with Crippen molar-refractivity contribution in [3.63, 3.8) is 0 Å². The van der Waals surface area contributed by atoms with E-state index < -0.39 is 0 Å². The van der Waals surface area contributed by atoms with Crippen LogP contribution in [0.3, 0.4) is 0 Å². The molecule has 8 aromatic carbocycles. The Bertz CT molecular complexity index is 3140. The van der Waals surface area contributed by atoms with Gasteiger partial charge in [0.15, 0.2) is 17.5 Å². The smallest absolute Gasteiger partial charge is 0.165 e. The average Bonchev–Trinajstić information content (AvgIpc) is 3.82. The summed E-state index contributed by atoms with van der Waals surface area (Å²) < 4.78 is 8.62. The number of fused-ring (bicyclic) bond motifs is 6. The number of aromatic nitrogens is 4. The molecule has 0 radical (unpaired) electrons. The summed E-state index contributed by atoms with van der Waals surface area (Å²) in [5.41, 5.74) is 12.0. The minimum absolute atomic E-state index is 0.600. The average molecular weight is 717 g/mol. The molecule has 0 bridgehead atoms. The van der Waals surface area contributed by atoms with E-state index >= 15 is 0 Å². The van der Waals surface area contributed by atoms with E-state index in [-0.39, 0.29) is 0 Å². The van der Waals surface area contributed by atoms with Gasteiger partial charge in [-0.15, -0.1) is 0 Å². The molecule has 0 saturated heterocycles. The van der Waals surface area contributed by atoms with Gasteiger partial charge < -0.3 is 8.98 Å². The van der Waals surface area contributed by atoms with Crippen LogP contribution < -0.4 is 0 Å². The fourth-order valence-electron chi connectivity index (χ4n) is 8.10. The molecule has 0 aliphatic rings. The number of benzene rings is 8. The molecule has 262 valence electrons. The summed E-state index contributed by atoms with van der Waals surface area (Å²) >= 11 is 0. The van der Waals surface area contributed by atoms with Crippen molar-refractivity contribution in [2.75, 3.05) is 0 Å². The second-order valence-corrected chi connectivity index (χ2v) is 14.0. The normalized spacial score (nSPS) is 11.6. The fraction of sp³-hybridized carbons (Fsp3) is 0. The first-order chi connectivity index (χ1) is 27.8. The van der Waals surface area contributed by atoms with Crippen LogP contribution in [0.15, 0.2) is 199 Å². The van der Waals surface area contributed by atoms with Crippen molar-refractivity contribution in [1.29, 1.82) is 0 Å². The monoisotopic (exact) mass is 716 g/mol. The molecule has 11 rings (SSSR count). The first-order valence-corrected chi connectivity index (χ1v) is 18.8. The van der Waals surface area contributed by atoms with Crippen molar-refractivity contribution < 1.29 is 4.42 Å². The molecule has 0 amide bonds. The molecular weight excluding hydrogens is 685 g/mol. The highest BCUT2D eigenvalue weighted by Crippen LogP contribution is 2.42. The Morgan fingerprint density at radius 3 is 1.50 bits per heavy atom. The summed E-state index contributed by atoms with van der Waals surface area (Å²) in [6.45, 7) is 0. The second-order valence-electron chi connectivity index (χ2n) is 14.0. The molecule has 0 spiro atoms. The lowest BCUT2D eigenvalue weighted by Crippen LogP contribution is -2.02. The Morgan fingerprint density at radius 2 is 0.839 bits per heavy atom. The molecule has 0 unspecified atom stereocenters. The van der Waals surface area contributed by atoms with Crippen molar-refractivity contribution in [2.24, 2.45) is 0 Å². The van der Waals surface area contributed by atoms with E-state index in [9.17, 15) is 0 Å². The van der Waals surface area contributed by atoms with E-state index in [1.807, 2.05) is 72.8 Å². The number of hydrogen-bond acceptors (Lipinski definition) is 4. The number of rotatable bonds is 6. The van der Waals surface area contributed by atoms with E-state index in [2.05, 4.69) is 126 Å². The predicted molar refractivity (Wildman–Crippen MR) is 229 cm³/mol. The van der Waals surface area contributed by atoms with Gasteiger partial charge in [-0.25, -0.2) is 15.0 Å². The van der Waals surface area contributed by atoms with Gasteiger partial charge in [-0.3, -0.25) is 0 Å². The summed E-state index contributed by atoms with van der Waals surface area (Å²) in [7, 11) is 0. The summed E-state index contributed by atoms with van der Waals surface area (Å²) in [4.78, 5) is 15.6. The predicted octanol–water partition coefficient (Wildman–Crippen LogP) is 13.2. The van der Waals surface area contributed by atoms with Crippen LogP contribution in [0.1, 0.15) is 0 Å². The van der Waals surface area contributed by atoms with E-state index in [1.165, 1.54) is 10.8 Å². The zero-order chi connectivity index (χ0) is 37.0. The molecule has 56 heavy (non-hydrogen) atoms.